The molecule has 0 saturated heterocycles. The lowest BCUT2D eigenvalue weighted by atomic mass is 10.2. The molecule has 0 saturated carbocycles. The van der Waals surface area contributed by atoms with Gasteiger partial charge in [-0.15, -0.1) is 0 Å². The van der Waals surface area contributed by atoms with Crippen molar-refractivity contribution in [2.24, 2.45) is 0 Å². The summed E-state index contributed by atoms with van der Waals surface area (Å²) in [6.45, 7) is 0. The molecule has 0 aliphatic heterocycles. The Morgan fingerprint density at radius 1 is 0.615 bits per heavy atom. The number of rotatable bonds is 4. The van der Waals surface area contributed by atoms with Crippen LogP contribution < -0.4 is 10.6 Å². The molecule has 0 aliphatic carbocycles. The second kappa shape index (κ2) is 8.63. The van der Waals surface area contributed by atoms with E-state index in [-0.39, 0.29) is 11.8 Å². The molecule has 2 N–H and O–H groups in total. The Morgan fingerprint density at radius 3 is 1.35 bits per heavy atom. The Labute approximate surface area is 178 Å². The summed E-state index contributed by atoms with van der Waals surface area (Å²) in [7, 11) is 0. The van der Waals surface area contributed by atoms with Crippen LogP contribution in [-0.4, -0.2) is 11.8 Å². The lowest BCUT2D eigenvalue weighted by Crippen LogP contribution is -2.13. The maximum Gasteiger partial charge on any atom is 0.255 e. The van der Waals surface area contributed by atoms with Crippen LogP contribution in [0.25, 0.3) is 0 Å². The quantitative estimate of drug-likeness (QED) is 0.415. The number of nitrogens with one attached hydrogen (secondary N) is 2. The van der Waals surface area contributed by atoms with E-state index < -0.39 is 0 Å². The summed E-state index contributed by atoms with van der Waals surface area (Å²) in [6.07, 6.45) is 0. The third-order valence-corrected chi connectivity index (χ3v) is 4.92. The fraction of sp³-hybridized carbons (Fsp3) is 0. The van der Waals surface area contributed by atoms with E-state index in [1.54, 1.807) is 36.4 Å². The number of hydrogen-bond donors (Lipinski definition) is 2. The zero-order chi connectivity index (χ0) is 18.5. The monoisotopic (exact) mass is 568 g/mol. The zero-order valence-corrected chi connectivity index (χ0v) is 17.8. The third-order valence-electron chi connectivity index (χ3n) is 3.57. The molecule has 3 aromatic carbocycles. The molecule has 0 aliphatic rings. The normalized spacial score (nSPS) is 10.2. The highest BCUT2D eigenvalue weighted by Gasteiger charge is 2.08. The average Bonchev–Trinajstić information content (AvgIpc) is 2.63. The van der Waals surface area contributed by atoms with E-state index in [1.165, 1.54) is 0 Å². The van der Waals surface area contributed by atoms with E-state index in [0.29, 0.717) is 22.5 Å². The average molecular weight is 568 g/mol. The minimum Gasteiger partial charge on any atom is -0.322 e. The number of benzene rings is 3. The molecule has 0 aromatic heterocycles. The van der Waals surface area contributed by atoms with E-state index in [0.717, 1.165) is 7.14 Å². The predicted octanol–water partition coefficient (Wildman–Crippen LogP) is 5.40. The molecule has 4 nitrogen and oxygen atoms in total. The first-order chi connectivity index (χ1) is 12.5. The van der Waals surface area contributed by atoms with Crippen molar-refractivity contribution in [2.75, 3.05) is 10.6 Å². The van der Waals surface area contributed by atoms with Crippen LogP contribution in [0.1, 0.15) is 20.7 Å². The van der Waals surface area contributed by atoms with Gasteiger partial charge in [0.1, 0.15) is 0 Å². The second-order valence-corrected chi connectivity index (χ2v) is 8.00. The Bertz CT molecular complexity index is 878. The van der Waals surface area contributed by atoms with Crippen LogP contribution in [0.4, 0.5) is 11.4 Å². The van der Waals surface area contributed by atoms with Crippen LogP contribution >= 0.6 is 45.2 Å². The zero-order valence-electron chi connectivity index (χ0n) is 13.5. The Morgan fingerprint density at radius 2 is 1.00 bits per heavy atom. The first-order valence-corrected chi connectivity index (χ1v) is 9.91. The summed E-state index contributed by atoms with van der Waals surface area (Å²) in [5, 5.41) is 5.70. The molecule has 2 amide bonds. The molecular weight excluding hydrogens is 554 g/mol. The van der Waals surface area contributed by atoms with Gasteiger partial charge in [-0.1, -0.05) is 12.1 Å². The van der Waals surface area contributed by atoms with Gasteiger partial charge in [-0.25, -0.2) is 0 Å². The second-order valence-electron chi connectivity index (χ2n) is 5.51. The lowest BCUT2D eigenvalue weighted by molar-refractivity contribution is 0.101. The van der Waals surface area contributed by atoms with Crippen LogP contribution in [0.5, 0.6) is 0 Å². The molecule has 0 bridgehead atoms. The van der Waals surface area contributed by atoms with Crippen molar-refractivity contribution in [1.82, 2.24) is 0 Å². The molecule has 0 radical (unpaired) electrons. The largest absolute Gasteiger partial charge is 0.322 e. The van der Waals surface area contributed by atoms with Crippen molar-refractivity contribution in [2.45, 2.75) is 0 Å². The maximum absolute atomic E-state index is 12.3. The van der Waals surface area contributed by atoms with Crippen molar-refractivity contribution in [3.63, 3.8) is 0 Å². The van der Waals surface area contributed by atoms with Gasteiger partial charge in [-0.3, -0.25) is 9.59 Å². The van der Waals surface area contributed by atoms with Gasteiger partial charge in [0.2, 0.25) is 0 Å². The van der Waals surface area contributed by atoms with Crippen molar-refractivity contribution < 1.29 is 9.59 Å². The van der Waals surface area contributed by atoms with Crippen LogP contribution in [-0.2, 0) is 0 Å². The molecule has 6 heteroatoms. The van der Waals surface area contributed by atoms with E-state index in [2.05, 4.69) is 55.8 Å². The van der Waals surface area contributed by atoms with E-state index in [4.69, 9.17) is 0 Å². The molecule has 3 aromatic rings. The highest BCUT2D eigenvalue weighted by atomic mass is 127. The van der Waals surface area contributed by atoms with Crippen molar-refractivity contribution in [1.29, 1.82) is 0 Å². The first-order valence-electron chi connectivity index (χ1n) is 7.75. The van der Waals surface area contributed by atoms with Crippen LogP contribution in [0, 0.1) is 7.14 Å². The van der Waals surface area contributed by atoms with Crippen molar-refractivity contribution in [3.8, 4) is 0 Å². The third kappa shape index (κ3) is 5.04. The smallest absolute Gasteiger partial charge is 0.255 e. The van der Waals surface area contributed by atoms with Crippen LogP contribution in [0.2, 0.25) is 0 Å². The molecule has 0 unspecified atom stereocenters. The lowest BCUT2D eigenvalue weighted by Gasteiger charge is -2.08. The summed E-state index contributed by atoms with van der Waals surface area (Å²) < 4.78 is 2.01. The molecule has 0 fully saturated rings. The molecule has 0 atom stereocenters. The van der Waals surface area contributed by atoms with Gasteiger partial charge < -0.3 is 10.6 Å². The van der Waals surface area contributed by atoms with E-state index in [9.17, 15) is 9.59 Å². The summed E-state index contributed by atoms with van der Waals surface area (Å²) in [5.41, 5.74) is 2.54. The molecule has 0 spiro atoms. The first kappa shape index (κ1) is 18.8. The standard InChI is InChI=1S/C20H14I2N2O2/c21-15-5-1-3-13(11-15)19(25)23-17-7-9-18(10-8-17)24-20(26)14-4-2-6-16(22)12-14/h1-12H,(H,23,25)(H,24,26). The number of carbonyl (C=O) groups excluding carboxylic acids is 2. The SMILES string of the molecule is O=C(Nc1ccc(NC(=O)c2cccc(I)c2)cc1)c1cccc(I)c1. The Hall–Kier alpha value is -1.94. The van der Waals surface area contributed by atoms with Gasteiger partial charge >= 0.3 is 0 Å². The van der Waals surface area contributed by atoms with E-state index in [1.807, 2.05) is 36.4 Å². The number of amides is 2. The minimum atomic E-state index is -0.167. The number of anilines is 2. The predicted molar refractivity (Wildman–Crippen MR) is 121 cm³/mol. The molecule has 130 valence electrons. The summed E-state index contributed by atoms with van der Waals surface area (Å²) >= 11 is 4.34. The summed E-state index contributed by atoms with van der Waals surface area (Å²) in [4.78, 5) is 24.5. The van der Waals surface area contributed by atoms with Crippen molar-refractivity contribution >= 4 is 68.4 Å². The highest BCUT2D eigenvalue weighted by molar-refractivity contribution is 14.1. The Kier molecular flexibility index (Phi) is 6.25. The minimum absolute atomic E-state index is 0.167. The number of halogens is 2. The van der Waals surface area contributed by atoms with Gasteiger partial charge in [-0.2, -0.15) is 0 Å². The van der Waals surface area contributed by atoms with Crippen LogP contribution in [0.3, 0.4) is 0 Å². The number of carbonyl (C=O) groups is 2. The van der Waals surface area contributed by atoms with Gasteiger partial charge in [0.05, 0.1) is 0 Å². The summed E-state index contributed by atoms with van der Waals surface area (Å²) in [5.74, 6) is -0.335. The summed E-state index contributed by atoms with van der Waals surface area (Å²) in [6, 6.07) is 21.8. The molecule has 3 rings (SSSR count). The van der Waals surface area contributed by atoms with E-state index >= 15 is 0 Å². The van der Waals surface area contributed by atoms with Gasteiger partial charge in [0, 0.05) is 29.6 Å². The van der Waals surface area contributed by atoms with Crippen LogP contribution in [0.15, 0.2) is 72.8 Å². The molecule has 0 heterocycles. The highest BCUT2D eigenvalue weighted by Crippen LogP contribution is 2.17. The topological polar surface area (TPSA) is 58.2 Å². The van der Waals surface area contributed by atoms with Gasteiger partial charge in [-0.05, 0) is 106 Å². The number of hydrogen-bond acceptors (Lipinski definition) is 2. The fourth-order valence-corrected chi connectivity index (χ4v) is 3.39. The van der Waals surface area contributed by atoms with Crippen molar-refractivity contribution in [3.05, 3.63) is 91.1 Å². The molecular formula is C20H14I2N2O2. The molecule has 26 heavy (non-hydrogen) atoms. The Balaban J connectivity index is 1.65. The van der Waals surface area contributed by atoms with Gasteiger partial charge in [0.25, 0.3) is 11.8 Å². The van der Waals surface area contributed by atoms with Gasteiger partial charge in [0.15, 0.2) is 0 Å². The fourth-order valence-electron chi connectivity index (χ4n) is 2.30. The maximum atomic E-state index is 12.3.